The van der Waals surface area contributed by atoms with E-state index < -0.39 is 6.10 Å². The summed E-state index contributed by atoms with van der Waals surface area (Å²) in [6, 6.07) is 5.19. The highest BCUT2D eigenvalue weighted by molar-refractivity contribution is 5.91. The number of carbonyl (C=O) groups is 1. The number of pyridine rings is 1. The van der Waals surface area contributed by atoms with Gasteiger partial charge in [-0.3, -0.25) is 9.78 Å². The predicted molar refractivity (Wildman–Crippen MR) is 70.0 cm³/mol. The Morgan fingerprint density at radius 1 is 1.47 bits per heavy atom. The SMILES string of the molecule is CC[C@@H](O)c1ccc(-n2ccc(C(=O)NC)n2)cn1. The molecule has 0 aromatic carbocycles. The average molecular weight is 260 g/mol. The molecule has 0 aliphatic rings. The van der Waals surface area contributed by atoms with Gasteiger partial charge in [0, 0.05) is 13.2 Å². The van der Waals surface area contributed by atoms with Crippen LogP contribution in [0.15, 0.2) is 30.6 Å². The van der Waals surface area contributed by atoms with Crippen LogP contribution in [0.2, 0.25) is 0 Å². The smallest absolute Gasteiger partial charge is 0.271 e. The van der Waals surface area contributed by atoms with Crippen molar-refractivity contribution in [1.29, 1.82) is 0 Å². The molecule has 0 spiro atoms. The molecule has 2 aromatic heterocycles. The molecule has 0 saturated heterocycles. The van der Waals surface area contributed by atoms with Crippen LogP contribution in [0.4, 0.5) is 0 Å². The summed E-state index contributed by atoms with van der Waals surface area (Å²) >= 11 is 0. The first kappa shape index (κ1) is 13.2. The van der Waals surface area contributed by atoms with E-state index in [4.69, 9.17) is 0 Å². The molecular weight excluding hydrogens is 244 g/mol. The van der Waals surface area contributed by atoms with Crippen molar-refractivity contribution in [3.05, 3.63) is 42.0 Å². The topological polar surface area (TPSA) is 80.0 Å². The van der Waals surface area contributed by atoms with Crippen molar-refractivity contribution >= 4 is 5.91 Å². The Morgan fingerprint density at radius 2 is 2.26 bits per heavy atom. The van der Waals surface area contributed by atoms with Crippen molar-refractivity contribution < 1.29 is 9.90 Å². The maximum Gasteiger partial charge on any atom is 0.271 e. The number of nitrogens with one attached hydrogen (secondary N) is 1. The van der Waals surface area contributed by atoms with Crippen molar-refractivity contribution in [2.75, 3.05) is 7.05 Å². The van der Waals surface area contributed by atoms with Crippen LogP contribution < -0.4 is 5.32 Å². The van der Waals surface area contributed by atoms with Gasteiger partial charge in [-0.2, -0.15) is 5.10 Å². The fraction of sp³-hybridized carbons (Fsp3) is 0.308. The second-order valence-electron chi connectivity index (χ2n) is 4.09. The van der Waals surface area contributed by atoms with Crippen LogP contribution in [0.1, 0.15) is 35.6 Å². The van der Waals surface area contributed by atoms with Gasteiger partial charge < -0.3 is 10.4 Å². The van der Waals surface area contributed by atoms with Crippen LogP contribution in [0.5, 0.6) is 0 Å². The lowest BCUT2D eigenvalue weighted by molar-refractivity contribution is 0.0957. The molecule has 2 aromatic rings. The summed E-state index contributed by atoms with van der Waals surface area (Å²) in [6.07, 6.45) is 3.38. The van der Waals surface area contributed by atoms with Crippen LogP contribution in [0, 0.1) is 0 Å². The molecule has 19 heavy (non-hydrogen) atoms. The number of aromatic nitrogens is 3. The second kappa shape index (κ2) is 5.62. The lowest BCUT2D eigenvalue weighted by Gasteiger charge is -2.07. The van der Waals surface area contributed by atoms with Crippen molar-refractivity contribution in [3.63, 3.8) is 0 Å². The van der Waals surface area contributed by atoms with Crippen LogP contribution in [-0.4, -0.2) is 32.8 Å². The minimum Gasteiger partial charge on any atom is -0.387 e. The summed E-state index contributed by atoms with van der Waals surface area (Å²) in [5.74, 6) is -0.232. The molecule has 2 heterocycles. The molecule has 1 amide bonds. The van der Waals surface area contributed by atoms with Crippen LogP contribution in [0.3, 0.4) is 0 Å². The van der Waals surface area contributed by atoms with E-state index in [1.54, 1.807) is 36.3 Å². The summed E-state index contributed by atoms with van der Waals surface area (Å²) in [4.78, 5) is 15.6. The number of amides is 1. The molecule has 1 atom stereocenters. The molecule has 0 fully saturated rings. The zero-order chi connectivity index (χ0) is 13.8. The van der Waals surface area contributed by atoms with E-state index in [9.17, 15) is 9.90 Å². The van der Waals surface area contributed by atoms with Gasteiger partial charge in [0.25, 0.3) is 5.91 Å². The van der Waals surface area contributed by atoms with Crippen molar-refractivity contribution in [2.24, 2.45) is 0 Å². The van der Waals surface area contributed by atoms with E-state index in [0.29, 0.717) is 17.8 Å². The Labute approximate surface area is 111 Å². The number of nitrogens with zero attached hydrogens (tertiary/aromatic N) is 3. The lowest BCUT2D eigenvalue weighted by atomic mass is 10.2. The zero-order valence-electron chi connectivity index (χ0n) is 10.9. The van der Waals surface area contributed by atoms with Gasteiger partial charge in [0.2, 0.25) is 0 Å². The predicted octanol–water partition coefficient (Wildman–Crippen LogP) is 1.07. The molecule has 6 nitrogen and oxygen atoms in total. The van der Waals surface area contributed by atoms with Crippen LogP contribution in [-0.2, 0) is 0 Å². The van der Waals surface area contributed by atoms with Gasteiger partial charge in [-0.25, -0.2) is 4.68 Å². The summed E-state index contributed by atoms with van der Waals surface area (Å²) in [5, 5.41) is 16.3. The Bertz CT molecular complexity index is 562. The van der Waals surface area contributed by atoms with Crippen LogP contribution in [0.25, 0.3) is 5.69 Å². The highest BCUT2D eigenvalue weighted by Gasteiger charge is 2.09. The number of hydrogen-bond acceptors (Lipinski definition) is 4. The molecule has 100 valence electrons. The van der Waals surface area contributed by atoms with Gasteiger partial charge in [0.1, 0.15) is 0 Å². The summed E-state index contributed by atoms with van der Waals surface area (Å²) in [7, 11) is 1.56. The Morgan fingerprint density at radius 3 is 2.84 bits per heavy atom. The molecule has 2 N–H and O–H groups in total. The fourth-order valence-corrected chi connectivity index (χ4v) is 1.66. The largest absolute Gasteiger partial charge is 0.387 e. The third kappa shape index (κ3) is 2.79. The highest BCUT2D eigenvalue weighted by atomic mass is 16.3. The summed E-state index contributed by atoms with van der Waals surface area (Å²) in [5.41, 5.74) is 1.72. The minimum atomic E-state index is -0.548. The molecule has 0 unspecified atom stereocenters. The number of hydrogen-bond donors (Lipinski definition) is 2. The highest BCUT2D eigenvalue weighted by Crippen LogP contribution is 2.15. The number of rotatable bonds is 4. The number of aliphatic hydroxyl groups excluding tert-OH is 1. The minimum absolute atomic E-state index is 0.232. The van der Waals surface area contributed by atoms with E-state index in [1.165, 1.54) is 0 Å². The van der Waals surface area contributed by atoms with Gasteiger partial charge in [0.15, 0.2) is 5.69 Å². The first-order valence-electron chi connectivity index (χ1n) is 6.07. The molecule has 0 aliphatic carbocycles. The van der Waals surface area contributed by atoms with E-state index in [2.05, 4.69) is 15.4 Å². The number of aliphatic hydroxyl groups is 1. The van der Waals surface area contributed by atoms with E-state index in [0.717, 1.165) is 5.69 Å². The van der Waals surface area contributed by atoms with Gasteiger partial charge in [-0.05, 0) is 24.6 Å². The van der Waals surface area contributed by atoms with Gasteiger partial charge in [-0.15, -0.1) is 0 Å². The van der Waals surface area contributed by atoms with E-state index in [-0.39, 0.29) is 5.91 Å². The fourth-order valence-electron chi connectivity index (χ4n) is 1.66. The van der Waals surface area contributed by atoms with Crippen molar-refractivity contribution in [3.8, 4) is 5.69 Å². The van der Waals surface area contributed by atoms with E-state index >= 15 is 0 Å². The van der Waals surface area contributed by atoms with Crippen LogP contribution >= 0.6 is 0 Å². The molecule has 0 saturated carbocycles. The molecule has 0 radical (unpaired) electrons. The quantitative estimate of drug-likeness (QED) is 0.861. The maximum atomic E-state index is 11.4. The standard InChI is InChI=1S/C13H16N4O2/c1-3-12(18)10-5-4-9(8-15-10)17-7-6-11(16-17)13(19)14-2/h4-8,12,18H,3H2,1-2H3,(H,14,19)/t12-/m1/s1. The first-order valence-corrected chi connectivity index (χ1v) is 6.07. The molecule has 6 heteroatoms. The van der Waals surface area contributed by atoms with E-state index in [1.807, 2.05) is 13.0 Å². The number of carbonyl (C=O) groups excluding carboxylic acids is 1. The average Bonchev–Trinajstić information content (AvgIpc) is 2.95. The Kier molecular flexibility index (Phi) is 3.91. The van der Waals surface area contributed by atoms with Gasteiger partial charge in [-0.1, -0.05) is 6.92 Å². The van der Waals surface area contributed by atoms with Crippen molar-refractivity contribution in [1.82, 2.24) is 20.1 Å². The van der Waals surface area contributed by atoms with Crippen molar-refractivity contribution in [2.45, 2.75) is 19.4 Å². The van der Waals surface area contributed by atoms with Gasteiger partial charge in [0.05, 0.1) is 23.7 Å². The second-order valence-corrected chi connectivity index (χ2v) is 4.09. The molecule has 0 bridgehead atoms. The van der Waals surface area contributed by atoms with Gasteiger partial charge >= 0.3 is 0 Å². The third-order valence-corrected chi connectivity index (χ3v) is 2.81. The zero-order valence-corrected chi connectivity index (χ0v) is 10.9. The molecule has 2 rings (SSSR count). The Balaban J connectivity index is 2.22. The Hall–Kier alpha value is -2.21. The first-order chi connectivity index (χ1) is 9.15. The summed E-state index contributed by atoms with van der Waals surface area (Å²) < 4.78 is 1.57. The maximum absolute atomic E-state index is 11.4. The monoisotopic (exact) mass is 260 g/mol. The summed E-state index contributed by atoms with van der Waals surface area (Å²) in [6.45, 7) is 1.89. The normalized spacial score (nSPS) is 12.2. The molecular formula is C13H16N4O2. The third-order valence-electron chi connectivity index (χ3n) is 2.81. The lowest BCUT2D eigenvalue weighted by Crippen LogP contribution is -2.18. The molecule has 0 aliphatic heterocycles.